The highest BCUT2D eigenvalue weighted by Crippen LogP contribution is 2.84. The predicted molar refractivity (Wildman–Crippen MR) is 90.1 cm³/mol. The summed E-state index contributed by atoms with van der Waals surface area (Å²) in [5.74, 6) is 8.46. The van der Waals surface area contributed by atoms with Crippen LogP contribution in [-0.4, -0.2) is 0 Å². The molecule has 6 aliphatic rings. The van der Waals surface area contributed by atoms with Crippen molar-refractivity contribution >= 4 is 0 Å². The molecule has 0 heteroatoms. The Morgan fingerprint density at radius 2 is 1.68 bits per heavy atom. The van der Waals surface area contributed by atoms with Crippen LogP contribution in [-0.2, 0) is 0 Å². The van der Waals surface area contributed by atoms with Crippen LogP contribution in [0.15, 0.2) is 12.2 Å². The molecule has 10 unspecified atom stereocenters. The molecule has 5 fully saturated rings. The van der Waals surface area contributed by atoms with Crippen molar-refractivity contribution in [3.63, 3.8) is 0 Å². The summed E-state index contributed by atoms with van der Waals surface area (Å²) in [4.78, 5) is 0. The fourth-order valence-electron chi connectivity index (χ4n) is 10.4. The smallest absolute Gasteiger partial charge is 0.0107 e. The van der Waals surface area contributed by atoms with Crippen LogP contribution in [0.1, 0.15) is 59.8 Å². The Hall–Kier alpha value is -0.260. The van der Waals surface area contributed by atoms with E-state index >= 15 is 0 Å². The van der Waals surface area contributed by atoms with Gasteiger partial charge in [-0.05, 0) is 89.3 Å². The van der Waals surface area contributed by atoms with Gasteiger partial charge < -0.3 is 0 Å². The quantitative estimate of drug-likeness (QED) is 0.440. The van der Waals surface area contributed by atoms with Gasteiger partial charge in [0.2, 0.25) is 0 Å². The molecule has 0 saturated heterocycles. The molecule has 0 aromatic heterocycles. The van der Waals surface area contributed by atoms with Crippen molar-refractivity contribution in [3.05, 3.63) is 12.2 Å². The minimum absolute atomic E-state index is 0.574. The zero-order valence-electron chi connectivity index (χ0n) is 14.8. The summed E-state index contributed by atoms with van der Waals surface area (Å²) < 4.78 is 0. The number of fused-ring (bicyclic) bond motifs is 16. The van der Waals surface area contributed by atoms with Crippen molar-refractivity contribution in [2.45, 2.75) is 59.8 Å². The second kappa shape index (κ2) is 3.40. The van der Waals surface area contributed by atoms with Gasteiger partial charge in [-0.1, -0.05) is 46.3 Å². The van der Waals surface area contributed by atoms with Crippen LogP contribution in [0.25, 0.3) is 0 Å². The topological polar surface area (TPSA) is 0 Å². The molecule has 0 amide bonds. The van der Waals surface area contributed by atoms with Gasteiger partial charge in [0, 0.05) is 0 Å². The van der Waals surface area contributed by atoms with Crippen LogP contribution in [0.4, 0.5) is 0 Å². The predicted octanol–water partition coefficient (Wildman–Crippen LogP) is 5.54. The fraction of sp³-hybridized carbons (Fsp3) is 0.909. The van der Waals surface area contributed by atoms with Gasteiger partial charge in [0.05, 0.1) is 0 Å². The molecule has 0 heterocycles. The first-order chi connectivity index (χ1) is 10.4. The molecule has 0 aliphatic heterocycles. The van der Waals surface area contributed by atoms with Gasteiger partial charge in [0.25, 0.3) is 0 Å². The molecule has 120 valence electrons. The van der Waals surface area contributed by atoms with E-state index in [2.05, 4.69) is 39.8 Å². The number of hydrogen-bond acceptors (Lipinski definition) is 0. The number of allylic oxidation sites excluding steroid dienone is 2. The van der Waals surface area contributed by atoms with Crippen molar-refractivity contribution in [1.82, 2.24) is 0 Å². The molecule has 5 saturated carbocycles. The minimum Gasteiger partial charge on any atom is -0.0845 e. The molecule has 22 heavy (non-hydrogen) atoms. The highest BCUT2D eigenvalue weighted by molar-refractivity contribution is 5.32. The second-order valence-corrected chi connectivity index (χ2v) is 11.1. The van der Waals surface area contributed by atoms with Crippen LogP contribution in [0.3, 0.4) is 0 Å². The van der Waals surface area contributed by atoms with E-state index in [9.17, 15) is 0 Å². The monoisotopic (exact) mass is 296 g/mol. The lowest BCUT2D eigenvalue weighted by Gasteiger charge is -2.54. The number of rotatable bonds is 1. The molecule has 6 bridgehead atoms. The Balaban J connectivity index is 1.50. The van der Waals surface area contributed by atoms with Crippen molar-refractivity contribution < 1.29 is 0 Å². The molecule has 0 spiro atoms. The van der Waals surface area contributed by atoms with Gasteiger partial charge in [-0.2, -0.15) is 0 Å². The van der Waals surface area contributed by atoms with E-state index in [1.54, 1.807) is 19.3 Å². The van der Waals surface area contributed by atoms with Crippen LogP contribution in [0.5, 0.6) is 0 Å². The fourth-order valence-corrected chi connectivity index (χ4v) is 10.4. The van der Waals surface area contributed by atoms with Crippen molar-refractivity contribution in [3.8, 4) is 0 Å². The first-order valence-electron chi connectivity index (χ1n) is 10.1. The first kappa shape index (κ1) is 13.1. The molecule has 0 radical (unpaired) electrons. The third-order valence-corrected chi connectivity index (χ3v) is 10.3. The zero-order valence-corrected chi connectivity index (χ0v) is 14.8. The Morgan fingerprint density at radius 3 is 2.45 bits per heavy atom. The summed E-state index contributed by atoms with van der Waals surface area (Å²) in [6.07, 6.45) is 13.0. The first-order valence-corrected chi connectivity index (χ1v) is 10.1. The van der Waals surface area contributed by atoms with E-state index in [-0.39, 0.29) is 0 Å². The Labute approximate surface area is 136 Å². The highest BCUT2D eigenvalue weighted by atomic mass is 14.8. The van der Waals surface area contributed by atoms with Crippen LogP contribution in [0, 0.1) is 63.6 Å². The maximum atomic E-state index is 2.75. The second-order valence-electron chi connectivity index (χ2n) is 11.1. The summed E-state index contributed by atoms with van der Waals surface area (Å²) in [5, 5.41) is 0. The summed E-state index contributed by atoms with van der Waals surface area (Å²) in [6, 6.07) is 0. The lowest BCUT2D eigenvalue weighted by Crippen LogP contribution is -2.49. The van der Waals surface area contributed by atoms with E-state index in [0.717, 1.165) is 47.3 Å². The molecule has 6 rings (SSSR count). The molecule has 11 atom stereocenters. The summed E-state index contributed by atoms with van der Waals surface area (Å²) in [6.45, 7) is 10.5. The average Bonchev–Trinajstić information content (AvgIpc) is 3.21. The Bertz CT molecular complexity index is 589. The zero-order chi connectivity index (χ0) is 15.1. The van der Waals surface area contributed by atoms with Gasteiger partial charge in [0.15, 0.2) is 0 Å². The molecule has 0 nitrogen and oxygen atoms in total. The van der Waals surface area contributed by atoms with Crippen molar-refractivity contribution in [2.24, 2.45) is 63.6 Å². The third-order valence-electron chi connectivity index (χ3n) is 10.3. The highest BCUT2D eigenvalue weighted by Gasteiger charge is 2.78. The molecule has 0 aromatic carbocycles. The molecular formula is C22H32. The van der Waals surface area contributed by atoms with Gasteiger partial charge in [-0.3, -0.25) is 0 Å². The van der Waals surface area contributed by atoms with Gasteiger partial charge >= 0.3 is 0 Å². The van der Waals surface area contributed by atoms with E-state index in [1.807, 2.05) is 0 Å². The van der Waals surface area contributed by atoms with E-state index < -0.39 is 0 Å². The summed E-state index contributed by atoms with van der Waals surface area (Å²) in [5.41, 5.74) is 1.99. The minimum atomic E-state index is 0.574. The SMILES string of the molecule is CCC1CC2(C)CC1C1C2C2CC1(C)C1C3C=CC(C)(C3)[C@H]21. The maximum absolute atomic E-state index is 2.75. The third kappa shape index (κ3) is 1.09. The van der Waals surface area contributed by atoms with Crippen LogP contribution in [0.2, 0.25) is 0 Å². The van der Waals surface area contributed by atoms with Crippen molar-refractivity contribution in [2.75, 3.05) is 0 Å². The standard InChI is InChI=1S/C22H32/c1-5-12-8-21(3)10-14(12)19-18(21)15-11-22(19,4)16-13-6-7-20(2,9-13)17(15)16/h6-7,12-19H,5,8-11H2,1-4H3/t12?,13?,14?,15?,16?,17-,18?,19?,20?,21?,22?/m1/s1. The Kier molecular flexibility index (Phi) is 2.02. The van der Waals surface area contributed by atoms with Crippen molar-refractivity contribution in [1.29, 1.82) is 0 Å². The molecule has 6 aliphatic carbocycles. The lowest BCUT2D eigenvalue weighted by molar-refractivity contribution is -0.0525. The molecule has 0 aromatic rings. The van der Waals surface area contributed by atoms with Gasteiger partial charge in [-0.15, -0.1) is 0 Å². The lowest BCUT2D eigenvalue weighted by atomic mass is 9.51. The van der Waals surface area contributed by atoms with Gasteiger partial charge in [0.1, 0.15) is 0 Å². The molecule has 0 N–H and O–H groups in total. The average molecular weight is 296 g/mol. The van der Waals surface area contributed by atoms with Crippen LogP contribution < -0.4 is 0 Å². The van der Waals surface area contributed by atoms with E-state index in [0.29, 0.717) is 16.2 Å². The van der Waals surface area contributed by atoms with E-state index in [4.69, 9.17) is 0 Å². The maximum Gasteiger partial charge on any atom is -0.0107 e. The van der Waals surface area contributed by atoms with E-state index in [1.165, 1.54) is 12.8 Å². The summed E-state index contributed by atoms with van der Waals surface area (Å²) >= 11 is 0. The summed E-state index contributed by atoms with van der Waals surface area (Å²) in [7, 11) is 0. The normalized spacial score (nSPS) is 72.4. The molecular weight excluding hydrogens is 264 g/mol. The number of hydrogen-bond donors (Lipinski definition) is 0. The van der Waals surface area contributed by atoms with Crippen LogP contribution >= 0.6 is 0 Å². The largest absolute Gasteiger partial charge is 0.0845 e. The van der Waals surface area contributed by atoms with Gasteiger partial charge in [-0.25, -0.2) is 0 Å². The Morgan fingerprint density at radius 1 is 0.864 bits per heavy atom.